The molecule has 1 heterocycles. The minimum atomic E-state index is 1.15. The van der Waals surface area contributed by atoms with Crippen molar-refractivity contribution in [1.29, 1.82) is 0 Å². The fraction of sp³-hybridized carbons (Fsp3) is 0.750. The number of hydrogen-bond acceptors (Lipinski definition) is 2. The Labute approximate surface area is 92.9 Å². The van der Waals surface area contributed by atoms with Gasteiger partial charge in [0.2, 0.25) is 0 Å². The average molecular weight is 209 g/mol. The third-order valence-electron chi connectivity index (χ3n) is 2.64. The largest absolute Gasteiger partial charge is 0.317 e. The highest BCUT2D eigenvalue weighted by atomic mass is 15.2. The van der Waals surface area contributed by atoms with Crippen molar-refractivity contribution in [2.45, 2.75) is 39.0 Å². The van der Waals surface area contributed by atoms with Gasteiger partial charge in [0.25, 0.3) is 0 Å². The van der Waals surface area contributed by atoms with Crippen molar-refractivity contribution in [1.82, 2.24) is 15.1 Å². The van der Waals surface area contributed by atoms with Gasteiger partial charge >= 0.3 is 0 Å². The maximum absolute atomic E-state index is 4.16. The quantitative estimate of drug-likeness (QED) is 0.665. The molecule has 1 N–H and O–H groups in total. The third kappa shape index (κ3) is 4.98. The van der Waals surface area contributed by atoms with E-state index in [1.807, 2.05) is 17.9 Å². The Kier molecular flexibility index (Phi) is 6.09. The molecule has 0 atom stereocenters. The SMILES string of the molecule is CCCNCCCCCc1ccnn1C. The summed E-state index contributed by atoms with van der Waals surface area (Å²) in [5.74, 6) is 0. The fourth-order valence-electron chi connectivity index (χ4n) is 1.68. The first-order chi connectivity index (χ1) is 7.34. The summed E-state index contributed by atoms with van der Waals surface area (Å²) in [6, 6.07) is 2.11. The van der Waals surface area contributed by atoms with Crippen molar-refractivity contribution in [3.63, 3.8) is 0 Å². The number of aryl methyl sites for hydroxylation is 2. The molecule has 1 rings (SSSR count). The van der Waals surface area contributed by atoms with Crippen LogP contribution in [0.25, 0.3) is 0 Å². The maximum Gasteiger partial charge on any atom is 0.0492 e. The summed E-state index contributed by atoms with van der Waals surface area (Å²) in [5, 5.41) is 7.58. The molecule has 0 radical (unpaired) electrons. The molecule has 0 unspecified atom stereocenters. The highest BCUT2D eigenvalue weighted by Crippen LogP contribution is 2.04. The summed E-state index contributed by atoms with van der Waals surface area (Å²) in [7, 11) is 2.01. The Bertz CT molecular complexity index is 255. The molecule has 3 heteroatoms. The standard InChI is InChI=1S/C12H23N3/c1-3-9-13-10-6-4-5-7-12-8-11-14-15(12)2/h8,11,13H,3-7,9-10H2,1-2H3. The Morgan fingerprint density at radius 3 is 2.80 bits per heavy atom. The summed E-state index contributed by atoms with van der Waals surface area (Å²) in [6.07, 6.45) is 8.13. The van der Waals surface area contributed by atoms with E-state index in [-0.39, 0.29) is 0 Å². The minimum Gasteiger partial charge on any atom is -0.317 e. The van der Waals surface area contributed by atoms with Crippen LogP contribution in [0.15, 0.2) is 12.3 Å². The van der Waals surface area contributed by atoms with E-state index in [0.717, 1.165) is 13.0 Å². The lowest BCUT2D eigenvalue weighted by Gasteiger charge is -2.03. The van der Waals surface area contributed by atoms with Gasteiger partial charge in [-0.15, -0.1) is 0 Å². The molecular weight excluding hydrogens is 186 g/mol. The van der Waals surface area contributed by atoms with E-state index in [1.54, 1.807) is 0 Å². The highest BCUT2D eigenvalue weighted by molar-refractivity contribution is 4.99. The van der Waals surface area contributed by atoms with Crippen LogP contribution in [0, 0.1) is 0 Å². The molecule has 0 aliphatic carbocycles. The highest BCUT2D eigenvalue weighted by Gasteiger charge is 1.97. The molecule has 0 fully saturated rings. The Morgan fingerprint density at radius 1 is 1.27 bits per heavy atom. The van der Waals surface area contributed by atoms with Crippen molar-refractivity contribution >= 4 is 0 Å². The first kappa shape index (κ1) is 12.2. The summed E-state index contributed by atoms with van der Waals surface area (Å²) < 4.78 is 1.97. The summed E-state index contributed by atoms with van der Waals surface area (Å²) in [6.45, 7) is 4.52. The third-order valence-corrected chi connectivity index (χ3v) is 2.64. The molecule has 0 bridgehead atoms. The van der Waals surface area contributed by atoms with Gasteiger partial charge in [0.1, 0.15) is 0 Å². The Morgan fingerprint density at radius 2 is 2.13 bits per heavy atom. The van der Waals surface area contributed by atoms with Gasteiger partial charge in [0.05, 0.1) is 0 Å². The van der Waals surface area contributed by atoms with E-state index in [9.17, 15) is 0 Å². The monoisotopic (exact) mass is 209 g/mol. The van der Waals surface area contributed by atoms with Gasteiger partial charge < -0.3 is 5.32 Å². The van der Waals surface area contributed by atoms with Gasteiger partial charge in [-0.1, -0.05) is 13.3 Å². The second kappa shape index (κ2) is 7.46. The second-order valence-corrected chi connectivity index (χ2v) is 4.01. The first-order valence-electron chi connectivity index (χ1n) is 6.02. The van der Waals surface area contributed by atoms with Crippen LogP contribution in [0.4, 0.5) is 0 Å². The molecule has 0 aliphatic rings. The number of unbranched alkanes of at least 4 members (excludes halogenated alkanes) is 2. The van der Waals surface area contributed by atoms with Crippen molar-refractivity contribution in [3.05, 3.63) is 18.0 Å². The van der Waals surface area contributed by atoms with Crippen LogP contribution in [0.2, 0.25) is 0 Å². The van der Waals surface area contributed by atoms with Gasteiger partial charge in [-0.2, -0.15) is 5.10 Å². The van der Waals surface area contributed by atoms with Crippen LogP contribution < -0.4 is 5.32 Å². The number of rotatable bonds is 8. The summed E-state index contributed by atoms with van der Waals surface area (Å²) in [4.78, 5) is 0. The molecule has 0 saturated heterocycles. The van der Waals surface area contributed by atoms with Gasteiger partial charge in [-0.3, -0.25) is 4.68 Å². The van der Waals surface area contributed by atoms with E-state index in [2.05, 4.69) is 23.4 Å². The van der Waals surface area contributed by atoms with Gasteiger partial charge in [-0.25, -0.2) is 0 Å². The van der Waals surface area contributed by atoms with E-state index in [0.29, 0.717) is 0 Å². The van der Waals surface area contributed by atoms with E-state index in [4.69, 9.17) is 0 Å². The molecule has 1 aromatic rings. The zero-order valence-corrected chi connectivity index (χ0v) is 10.00. The van der Waals surface area contributed by atoms with E-state index < -0.39 is 0 Å². The molecule has 1 aromatic heterocycles. The van der Waals surface area contributed by atoms with Gasteiger partial charge in [0.15, 0.2) is 0 Å². The molecule has 86 valence electrons. The summed E-state index contributed by atoms with van der Waals surface area (Å²) in [5.41, 5.74) is 1.34. The van der Waals surface area contributed by atoms with Crippen molar-refractivity contribution < 1.29 is 0 Å². The Hall–Kier alpha value is -0.830. The van der Waals surface area contributed by atoms with Crippen LogP contribution in [0.5, 0.6) is 0 Å². The molecule has 0 amide bonds. The average Bonchev–Trinajstić information content (AvgIpc) is 2.63. The maximum atomic E-state index is 4.16. The normalized spacial score (nSPS) is 10.8. The van der Waals surface area contributed by atoms with Gasteiger partial charge in [0, 0.05) is 18.9 Å². The van der Waals surface area contributed by atoms with Crippen LogP contribution in [0.1, 0.15) is 38.3 Å². The predicted molar refractivity (Wildman–Crippen MR) is 63.9 cm³/mol. The minimum absolute atomic E-state index is 1.15. The van der Waals surface area contributed by atoms with Crippen molar-refractivity contribution in [2.75, 3.05) is 13.1 Å². The van der Waals surface area contributed by atoms with Crippen molar-refractivity contribution in [2.24, 2.45) is 7.05 Å². The molecule has 0 spiro atoms. The predicted octanol–water partition coefficient (Wildman–Crippen LogP) is 2.13. The topological polar surface area (TPSA) is 29.9 Å². The lowest BCUT2D eigenvalue weighted by atomic mass is 10.1. The van der Waals surface area contributed by atoms with E-state index >= 15 is 0 Å². The molecule has 0 saturated carbocycles. The van der Waals surface area contributed by atoms with Crippen LogP contribution in [-0.2, 0) is 13.5 Å². The summed E-state index contributed by atoms with van der Waals surface area (Å²) >= 11 is 0. The zero-order chi connectivity index (χ0) is 10.9. The fourth-order valence-corrected chi connectivity index (χ4v) is 1.68. The lowest BCUT2D eigenvalue weighted by molar-refractivity contribution is 0.588. The molecule has 15 heavy (non-hydrogen) atoms. The smallest absolute Gasteiger partial charge is 0.0492 e. The number of hydrogen-bond donors (Lipinski definition) is 1. The number of nitrogens with one attached hydrogen (secondary N) is 1. The molecular formula is C12H23N3. The van der Waals surface area contributed by atoms with Crippen LogP contribution >= 0.6 is 0 Å². The number of nitrogens with zero attached hydrogens (tertiary/aromatic N) is 2. The Balaban J connectivity index is 1.96. The first-order valence-corrected chi connectivity index (χ1v) is 6.02. The van der Waals surface area contributed by atoms with Crippen molar-refractivity contribution in [3.8, 4) is 0 Å². The van der Waals surface area contributed by atoms with Gasteiger partial charge in [-0.05, 0) is 44.8 Å². The molecule has 0 aliphatic heterocycles. The van der Waals surface area contributed by atoms with Crippen LogP contribution in [-0.4, -0.2) is 22.9 Å². The molecule has 0 aromatic carbocycles. The molecule has 3 nitrogen and oxygen atoms in total. The lowest BCUT2D eigenvalue weighted by Crippen LogP contribution is -2.15. The van der Waals surface area contributed by atoms with E-state index in [1.165, 1.54) is 37.9 Å². The number of aromatic nitrogens is 2. The second-order valence-electron chi connectivity index (χ2n) is 4.01. The van der Waals surface area contributed by atoms with Crippen LogP contribution in [0.3, 0.4) is 0 Å². The zero-order valence-electron chi connectivity index (χ0n) is 10.00.